The first-order valence-electron chi connectivity index (χ1n) is 6.84. The topological polar surface area (TPSA) is 30.5 Å². The molecule has 0 spiro atoms. The highest BCUT2D eigenvalue weighted by atomic mass is 16.5. The van der Waals surface area contributed by atoms with E-state index in [2.05, 4.69) is 38.2 Å². The van der Waals surface area contributed by atoms with Crippen molar-refractivity contribution in [3.8, 4) is 11.5 Å². The first kappa shape index (κ1) is 14.8. The SMILES string of the molecule is CCNCc1ccc(O[C@@H](C)CC)c(OCC)c1. The number of ether oxygens (including phenoxy) is 2. The molecule has 1 aromatic carbocycles. The molecule has 102 valence electrons. The van der Waals surface area contributed by atoms with Crippen LogP contribution in [-0.4, -0.2) is 19.3 Å². The standard InChI is InChI=1S/C15H25NO2/c1-5-12(4)18-14-9-8-13(11-16-6-2)10-15(14)17-7-3/h8-10,12,16H,5-7,11H2,1-4H3/t12-/m0/s1. The summed E-state index contributed by atoms with van der Waals surface area (Å²) in [5.41, 5.74) is 1.22. The monoisotopic (exact) mass is 251 g/mol. The van der Waals surface area contributed by atoms with Gasteiger partial charge in [-0.15, -0.1) is 0 Å². The molecule has 0 aliphatic carbocycles. The molecule has 3 heteroatoms. The zero-order chi connectivity index (χ0) is 13.4. The average molecular weight is 251 g/mol. The highest BCUT2D eigenvalue weighted by molar-refractivity contribution is 5.43. The van der Waals surface area contributed by atoms with Crippen molar-refractivity contribution in [1.29, 1.82) is 0 Å². The molecular weight excluding hydrogens is 226 g/mol. The van der Waals surface area contributed by atoms with Gasteiger partial charge >= 0.3 is 0 Å². The predicted molar refractivity (Wildman–Crippen MR) is 75.4 cm³/mol. The Hall–Kier alpha value is -1.22. The van der Waals surface area contributed by atoms with Crippen LogP contribution in [0.5, 0.6) is 11.5 Å². The van der Waals surface area contributed by atoms with E-state index >= 15 is 0 Å². The van der Waals surface area contributed by atoms with E-state index in [1.807, 2.05) is 13.0 Å². The van der Waals surface area contributed by atoms with Crippen LogP contribution in [0.15, 0.2) is 18.2 Å². The van der Waals surface area contributed by atoms with Gasteiger partial charge in [-0.1, -0.05) is 19.9 Å². The summed E-state index contributed by atoms with van der Waals surface area (Å²) in [6.45, 7) is 10.8. The second-order valence-electron chi connectivity index (χ2n) is 4.33. The average Bonchev–Trinajstić information content (AvgIpc) is 2.39. The third-order valence-corrected chi connectivity index (χ3v) is 2.79. The maximum atomic E-state index is 5.86. The van der Waals surface area contributed by atoms with E-state index in [9.17, 15) is 0 Å². The van der Waals surface area contributed by atoms with Crippen LogP contribution < -0.4 is 14.8 Å². The molecule has 0 saturated heterocycles. The van der Waals surface area contributed by atoms with Gasteiger partial charge in [0.25, 0.3) is 0 Å². The molecule has 1 aromatic rings. The maximum Gasteiger partial charge on any atom is 0.161 e. The second-order valence-corrected chi connectivity index (χ2v) is 4.33. The summed E-state index contributed by atoms with van der Waals surface area (Å²) in [6, 6.07) is 6.15. The largest absolute Gasteiger partial charge is 0.490 e. The van der Waals surface area contributed by atoms with E-state index in [0.29, 0.717) is 6.61 Å². The molecular formula is C15H25NO2. The molecule has 0 saturated carbocycles. The van der Waals surface area contributed by atoms with Crippen molar-refractivity contribution in [2.24, 2.45) is 0 Å². The van der Waals surface area contributed by atoms with Crippen LogP contribution in [0.2, 0.25) is 0 Å². The van der Waals surface area contributed by atoms with Crippen LogP contribution in [0.1, 0.15) is 39.7 Å². The van der Waals surface area contributed by atoms with Crippen LogP contribution in [-0.2, 0) is 6.54 Å². The second kappa shape index (κ2) is 7.98. The highest BCUT2D eigenvalue weighted by Gasteiger charge is 2.09. The van der Waals surface area contributed by atoms with E-state index in [0.717, 1.165) is 31.0 Å². The van der Waals surface area contributed by atoms with Gasteiger partial charge < -0.3 is 14.8 Å². The number of benzene rings is 1. The van der Waals surface area contributed by atoms with E-state index in [-0.39, 0.29) is 6.10 Å². The Morgan fingerprint density at radius 2 is 1.94 bits per heavy atom. The summed E-state index contributed by atoms with van der Waals surface area (Å²) < 4.78 is 11.5. The summed E-state index contributed by atoms with van der Waals surface area (Å²) in [5.74, 6) is 1.68. The summed E-state index contributed by atoms with van der Waals surface area (Å²) in [5, 5.41) is 3.31. The van der Waals surface area contributed by atoms with Crippen molar-refractivity contribution in [3.05, 3.63) is 23.8 Å². The molecule has 0 radical (unpaired) electrons. The van der Waals surface area contributed by atoms with Gasteiger partial charge in [-0.25, -0.2) is 0 Å². The summed E-state index contributed by atoms with van der Waals surface area (Å²) >= 11 is 0. The van der Waals surface area contributed by atoms with Crippen LogP contribution in [0.4, 0.5) is 0 Å². The van der Waals surface area contributed by atoms with Crippen LogP contribution in [0, 0.1) is 0 Å². The fourth-order valence-electron chi connectivity index (χ4n) is 1.60. The zero-order valence-electron chi connectivity index (χ0n) is 12.0. The Morgan fingerprint density at radius 1 is 1.17 bits per heavy atom. The number of hydrogen-bond acceptors (Lipinski definition) is 3. The third kappa shape index (κ3) is 4.57. The number of rotatable bonds is 8. The Bertz CT molecular complexity index is 352. The Balaban J connectivity index is 2.82. The van der Waals surface area contributed by atoms with Gasteiger partial charge in [0, 0.05) is 6.54 Å². The van der Waals surface area contributed by atoms with Crippen LogP contribution in [0.25, 0.3) is 0 Å². The molecule has 0 bridgehead atoms. The molecule has 1 atom stereocenters. The lowest BCUT2D eigenvalue weighted by Crippen LogP contribution is -2.13. The van der Waals surface area contributed by atoms with Gasteiger partial charge in [0.15, 0.2) is 11.5 Å². The first-order chi connectivity index (χ1) is 8.71. The summed E-state index contributed by atoms with van der Waals surface area (Å²) in [4.78, 5) is 0. The molecule has 1 N–H and O–H groups in total. The number of hydrogen-bond donors (Lipinski definition) is 1. The van der Waals surface area contributed by atoms with Crippen molar-refractivity contribution < 1.29 is 9.47 Å². The fraction of sp³-hybridized carbons (Fsp3) is 0.600. The quantitative estimate of drug-likeness (QED) is 0.768. The van der Waals surface area contributed by atoms with Gasteiger partial charge in [0.1, 0.15) is 0 Å². The van der Waals surface area contributed by atoms with Crippen LogP contribution in [0.3, 0.4) is 0 Å². The lowest BCUT2D eigenvalue weighted by Gasteiger charge is -2.17. The molecule has 0 fully saturated rings. The third-order valence-electron chi connectivity index (χ3n) is 2.79. The van der Waals surface area contributed by atoms with Gasteiger partial charge in [-0.3, -0.25) is 0 Å². The molecule has 18 heavy (non-hydrogen) atoms. The maximum absolute atomic E-state index is 5.86. The van der Waals surface area contributed by atoms with Crippen molar-refractivity contribution >= 4 is 0 Å². The Morgan fingerprint density at radius 3 is 2.56 bits per heavy atom. The minimum Gasteiger partial charge on any atom is -0.490 e. The van der Waals surface area contributed by atoms with Gasteiger partial charge in [0.05, 0.1) is 12.7 Å². The van der Waals surface area contributed by atoms with Gasteiger partial charge in [-0.2, -0.15) is 0 Å². The molecule has 0 amide bonds. The molecule has 0 aliphatic heterocycles. The molecule has 0 unspecified atom stereocenters. The lowest BCUT2D eigenvalue weighted by atomic mass is 10.2. The lowest BCUT2D eigenvalue weighted by molar-refractivity contribution is 0.203. The van der Waals surface area contributed by atoms with Crippen LogP contribution >= 0.6 is 0 Å². The number of nitrogens with one attached hydrogen (secondary N) is 1. The molecule has 0 aromatic heterocycles. The van der Waals surface area contributed by atoms with Crippen molar-refractivity contribution in [3.63, 3.8) is 0 Å². The molecule has 0 aliphatic rings. The summed E-state index contributed by atoms with van der Waals surface area (Å²) in [6.07, 6.45) is 1.20. The van der Waals surface area contributed by atoms with E-state index in [1.165, 1.54) is 5.56 Å². The fourth-order valence-corrected chi connectivity index (χ4v) is 1.60. The zero-order valence-corrected chi connectivity index (χ0v) is 12.0. The minimum absolute atomic E-state index is 0.212. The first-order valence-corrected chi connectivity index (χ1v) is 6.84. The van der Waals surface area contributed by atoms with Crippen molar-refractivity contribution in [2.75, 3.05) is 13.2 Å². The molecule has 3 nitrogen and oxygen atoms in total. The smallest absolute Gasteiger partial charge is 0.161 e. The summed E-state index contributed by atoms with van der Waals surface area (Å²) in [7, 11) is 0. The normalized spacial score (nSPS) is 12.2. The minimum atomic E-state index is 0.212. The Labute approximate surface area is 110 Å². The van der Waals surface area contributed by atoms with Crippen molar-refractivity contribution in [2.45, 2.75) is 46.8 Å². The van der Waals surface area contributed by atoms with Gasteiger partial charge in [0.2, 0.25) is 0 Å². The van der Waals surface area contributed by atoms with Gasteiger partial charge in [-0.05, 0) is 44.5 Å². The van der Waals surface area contributed by atoms with E-state index in [1.54, 1.807) is 0 Å². The molecule has 0 heterocycles. The van der Waals surface area contributed by atoms with E-state index in [4.69, 9.17) is 9.47 Å². The Kier molecular flexibility index (Phi) is 6.58. The van der Waals surface area contributed by atoms with Crippen molar-refractivity contribution in [1.82, 2.24) is 5.32 Å². The van der Waals surface area contributed by atoms with E-state index < -0.39 is 0 Å². The molecule has 1 rings (SSSR count). The highest BCUT2D eigenvalue weighted by Crippen LogP contribution is 2.29. The predicted octanol–water partition coefficient (Wildman–Crippen LogP) is 3.37.